The molecule has 0 amide bonds. The van der Waals surface area contributed by atoms with E-state index in [1.165, 1.54) is 30.3 Å². The van der Waals surface area contributed by atoms with E-state index in [0.717, 1.165) is 6.54 Å². The minimum absolute atomic E-state index is 0.111. The molecule has 2 aromatic rings. The predicted molar refractivity (Wildman–Crippen MR) is 113 cm³/mol. The first-order valence-electron chi connectivity index (χ1n) is 7.79. The molecule has 0 saturated heterocycles. The Morgan fingerprint density at radius 2 is 1.62 bits per heavy atom. The fourth-order valence-electron chi connectivity index (χ4n) is 2.02. The maximum Gasteiger partial charge on any atom is 0.261 e. The van der Waals surface area contributed by atoms with Crippen molar-refractivity contribution < 1.29 is 8.42 Å². The minimum atomic E-state index is -3.76. The van der Waals surface area contributed by atoms with Gasteiger partial charge in [0.1, 0.15) is 0 Å². The van der Waals surface area contributed by atoms with Crippen LogP contribution in [0.15, 0.2) is 47.4 Å². The van der Waals surface area contributed by atoms with Crippen molar-refractivity contribution in [2.24, 2.45) is 5.92 Å². The molecule has 5 nitrogen and oxygen atoms in total. The van der Waals surface area contributed by atoms with Gasteiger partial charge in [0.25, 0.3) is 10.0 Å². The van der Waals surface area contributed by atoms with Gasteiger partial charge in [-0.15, -0.1) is 0 Å². The third-order valence-corrected chi connectivity index (χ3v) is 5.29. The summed E-state index contributed by atoms with van der Waals surface area (Å²) in [7, 11) is -3.76. The maximum atomic E-state index is 12.5. The highest BCUT2D eigenvalue weighted by molar-refractivity contribution is 7.92. The van der Waals surface area contributed by atoms with Crippen molar-refractivity contribution >= 4 is 61.9 Å². The van der Waals surface area contributed by atoms with Gasteiger partial charge in [-0.3, -0.25) is 4.72 Å². The second kappa shape index (κ2) is 8.90. The van der Waals surface area contributed by atoms with Gasteiger partial charge in [0, 0.05) is 22.3 Å². The number of thiocarbonyl (C=S) groups is 1. The monoisotopic (exact) mass is 431 g/mol. The Balaban J connectivity index is 2.07. The zero-order valence-electron chi connectivity index (χ0n) is 14.2. The van der Waals surface area contributed by atoms with Gasteiger partial charge in [0.05, 0.1) is 10.6 Å². The molecule has 2 aromatic carbocycles. The van der Waals surface area contributed by atoms with Crippen LogP contribution in [0.3, 0.4) is 0 Å². The lowest BCUT2D eigenvalue weighted by Crippen LogP contribution is -2.31. The average molecular weight is 432 g/mol. The maximum absolute atomic E-state index is 12.5. The van der Waals surface area contributed by atoms with Crippen molar-refractivity contribution in [1.29, 1.82) is 0 Å². The molecule has 0 spiro atoms. The van der Waals surface area contributed by atoms with E-state index in [9.17, 15) is 8.42 Å². The SMILES string of the molecule is CC(C)CNC(=S)Nc1ccc(S(=O)(=O)Nc2cc(Cl)cc(Cl)c2)cc1. The lowest BCUT2D eigenvalue weighted by Gasteiger charge is -2.13. The first-order valence-corrected chi connectivity index (χ1v) is 10.4. The summed E-state index contributed by atoms with van der Waals surface area (Å²) < 4.78 is 27.4. The lowest BCUT2D eigenvalue weighted by molar-refractivity contribution is 0.601. The summed E-state index contributed by atoms with van der Waals surface area (Å²) >= 11 is 17.0. The Kier molecular flexibility index (Phi) is 7.11. The first kappa shape index (κ1) is 20.8. The number of hydrogen-bond acceptors (Lipinski definition) is 3. The molecule has 9 heteroatoms. The van der Waals surface area contributed by atoms with Crippen molar-refractivity contribution in [3.05, 3.63) is 52.5 Å². The minimum Gasteiger partial charge on any atom is -0.362 e. The molecule has 3 N–H and O–H groups in total. The molecule has 0 heterocycles. The zero-order chi connectivity index (χ0) is 19.3. The third kappa shape index (κ3) is 6.32. The zero-order valence-corrected chi connectivity index (χ0v) is 17.4. The van der Waals surface area contributed by atoms with Crippen molar-refractivity contribution in [2.45, 2.75) is 18.7 Å². The summed E-state index contributed by atoms with van der Waals surface area (Å²) in [5.74, 6) is 0.466. The molecular formula is C17H19Cl2N3O2S2. The van der Waals surface area contributed by atoms with E-state index in [-0.39, 0.29) is 4.90 Å². The third-order valence-electron chi connectivity index (χ3n) is 3.21. The second-order valence-electron chi connectivity index (χ2n) is 6.02. The summed E-state index contributed by atoms with van der Waals surface area (Å²) in [6.45, 7) is 4.91. The van der Waals surface area contributed by atoms with E-state index in [1.54, 1.807) is 12.1 Å². The van der Waals surface area contributed by atoms with E-state index < -0.39 is 10.0 Å². The second-order valence-corrected chi connectivity index (χ2v) is 8.98. The van der Waals surface area contributed by atoms with Crippen LogP contribution in [0, 0.1) is 5.92 Å². The van der Waals surface area contributed by atoms with Gasteiger partial charge >= 0.3 is 0 Å². The van der Waals surface area contributed by atoms with Crippen LogP contribution >= 0.6 is 35.4 Å². The van der Waals surface area contributed by atoms with Crippen LogP contribution in [0.2, 0.25) is 10.0 Å². The van der Waals surface area contributed by atoms with Gasteiger partial charge in [-0.2, -0.15) is 0 Å². The number of rotatable bonds is 6. The van der Waals surface area contributed by atoms with E-state index in [2.05, 4.69) is 29.2 Å². The summed E-state index contributed by atoms with van der Waals surface area (Å²) in [4.78, 5) is 0.111. The fourth-order valence-corrected chi connectivity index (χ4v) is 3.78. The van der Waals surface area contributed by atoms with Crippen molar-refractivity contribution in [3.63, 3.8) is 0 Å². The Labute approximate surface area is 169 Å². The average Bonchev–Trinajstić information content (AvgIpc) is 2.52. The van der Waals surface area contributed by atoms with Crippen LogP contribution in [-0.4, -0.2) is 20.1 Å². The van der Waals surface area contributed by atoms with E-state index >= 15 is 0 Å². The summed E-state index contributed by atoms with van der Waals surface area (Å²) in [6.07, 6.45) is 0. The van der Waals surface area contributed by atoms with Crippen LogP contribution in [0.25, 0.3) is 0 Å². The Morgan fingerprint density at radius 1 is 1.04 bits per heavy atom. The quantitative estimate of drug-likeness (QED) is 0.576. The highest BCUT2D eigenvalue weighted by Gasteiger charge is 2.15. The van der Waals surface area contributed by atoms with Crippen LogP contribution in [0.1, 0.15) is 13.8 Å². The summed E-state index contributed by atoms with van der Waals surface area (Å²) in [5.41, 5.74) is 0.986. The first-order chi connectivity index (χ1) is 12.2. The van der Waals surface area contributed by atoms with Gasteiger partial charge in [-0.1, -0.05) is 37.0 Å². The number of benzene rings is 2. The van der Waals surface area contributed by atoms with Gasteiger partial charge in [0.2, 0.25) is 0 Å². The van der Waals surface area contributed by atoms with E-state index in [1.807, 2.05) is 0 Å². The van der Waals surface area contributed by atoms with Gasteiger partial charge in [-0.25, -0.2) is 8.42 Å². The van der Waals surface area contributed by atoms with Crippen molar-refractivity contribution in [1.82, 2.24) is 5.32 Å². The lowest BCUT2D eigenvalue weighted by atomic mass is 10.2. The highest BCUT2D eigenvalue weighted by Crippen LogP contribution is 2.25. The number of halogens is 2. The van der Waals surface area contributed by atoms with Gasteiger partial charge < -0.3 is 10.6 Å². The highest BCUT2D eigenvalue weighted by atomic mass is 35.5. The Bertz CT molecular complexity index is 865. The number of anilines is 2. The molecule has 0 aliphatic carbocycles. The molecule has 140 valence electrons. The summed E-state index contributed by atoms with van der Waals surface area (Å²) in [5, 5.41) is 7.27. The molecule has 26 heavy (non-hydrogen) atoms. The Morgan fingerprint density at radius 3 is 2.15 bits per heavy atom. The smallest absolute Gasteiger partial charge is 0.261 e. The van der Waals surface area contributed by atoms with Crippen LogP contribution in [-0.2, 0) is 10.0 Å². The normalized spacial score (nSPS) is 11.3. The number of sulfonamides is 1. The molecule has 0 unspecified atom stereocenters. The van der Waals surface area contributed by atoms with Crippen molar-refractivity contribution in [2.75, 3.05) is 16.6 Å². The Hall–Kier alpha value is -1.54. The topological polar surface area (TPSA) is 70.2 Å². The predicted octanol–water partition coefficient (Wildman–Crippen LogP) is 4.74. The number of hydrogen-bond donors (Lipinski definition) is 3. The number of nitrogens with one attached hydrogen (secondary N) is 3. The molecule has 0 aliphatic rings. The molecular weight excluding hydrogens is 413 g/mol. The summed E-state index contributed by atoms with van der Waals surface area (Å²) in [6, 6.07) is 10.8. The molecule has 0 radical (unpaired) electrons. The van der Waals surface area contributed by atoms with E-state index in [0.29, 0.717) is 32.5 Å². The van der Waals surface area contributed by atoms with Gasteiger partial charge in [0.15, 0.2) is 5.11 Å². The van der Waals surface area contributed by atoms with Gasteiger partial charge in [-0.05, 0) is 60.6 Å². The van der Waals surface area contributed by atoms with Crippen LogP contribution in [0.5, 0.6) is 0 Å². The van der Waals surface area contributed by atoms with Crippen LogP contribution in [0.4, 0.5) is 11.4 Å². The molecule has 0 aromatic heterocycles. The fraction of sp³-hybridized carbons (Fsp3) is 0.235. The molecule has 2 rings (SSSR count). The molecule has 0 aliphatic heterocycles. The van der Waals surface area contributed by atoms with E-state index in [4.69, 9.17) is 35.4 Å². The molecule has 0 bridgehead atoms. The van der Waals surface area contributed by atoms with Crippen LogP contribution < -0.4 is 15.4 Å². The molecule has 0 saturated carbocycles. The molecule has 0 fully saturated rings. The molecule has 0 atom stereocenters. The van der Waals surface area contributed by atoms with Crippen molar-refractivity contribution in [3.8, 4) is 0 Å². The standard InChI is InChI=1S/C17H19Cl2N3O2S2/c1-11(2)10-20-17(25)21-14-3-5-16(6-4-14)26(23,24)22-15-8-12(18)7-13(19)9-15/h3-9,11,22H,10H2,1-2H3,(H2,20,21,25). The largest absolute Gasteiger partial charge is 0.362 e.